The van der Waals surface area contributed by atoms with E-state index in [1.54, 1.807) is 12.1 Å². The third-order valence-corrected chi connectivity index (χ3v) is 9.30. The van der Waals surface area contributed by atoms with Crippen LogP contribution < -0.4 is 15.0 Å². The van der Waals surface area contributed by atoms with Gasteiger partial charge in [-0.2, -0.15) is 0 Å². The van der Waals surface area contributed by atoms with Gasteiger partial charge in [0, 0.05) is 30.9 Å². The fourth-order valence-electron chi connectivity index (χ4n) is 7.05. The highest BCUT2D eigenvalue weighted by Crippen LogP contribution is 2.44. The minimum atomic E-state index is -0.175. The van der Waals surface area contributed by atoms with Crippen LogP contribution in [0.4, 0.5) is 10.1 Å². The second-order valence-corrected chi connectivity index (χ2v) is 12.0. The number of benzene rings is 2. The van der Waals surface area contributed by atoms with Crippen molar-refractivity contribution < 1.29 is 9.13 Å². The van der Waals surface area contributed by atoms with Gasteiger partial charge in [0.2, 0.25) is 0 Å². The summed E-state index contributed by atoms with van der Waals surface area (Å²) >= 11 is 0. The lowest BCUT2D eigenvalue weighted by Gasteiger charge is -2.52. The average molecular weight is 535 g/mol. The van der Waals surface area contributed by atoms with Crippen LogP contribution in [-0.4, -0.2) is 60.0 Å². The Balaban J connectivity index is 1.40. The van der Waals surface area contributed by atoms with Crippen molar-refractivity contribution in [3.63, 3.8) is 0 Å². The molecule has 212 valence electrons. The molecule has 5 nitrogen and oxygen atoms in total. The van der Waals surface area contributed by atoms with E-state index < -0.39 is 0 Å². The van der Waals surface area contributed by atoms with E-state index in [4.69, 9.17) is 4.74 Å². The van der Waals surface area contributed by atoms with E-state index >= 15 is 0 Å². The first-order valence-corrected chi connectivity index (χ1v) is 15.0. The number of nitrogens with zero attached hydrogens (tertiary/aromatic N) is 3. The zero-order valence-corrected chi connectivity index (χ0v) is 24.1. The summed E-state index contributed by atoms with van der Waals surface area (Å²) in [6, 6.07) is 16.5. The van der Waals surface area contributed by atoms with Crippen LogP contribution in [0.15, 0.2) is 61.2 Å². The molecule has 2 unspecified atom stereocenters. The lowest BCUT2D eigenvalue weighted by atomic mass is 9.78. The molecule has 0 bridgehead atoms. The van der Waals surface area contributed by atoms with Crippen LogP contribution in [0.3, 0.4) is 0 Å². The van der Waals surface area contributed by atoms with Crippen LogP contribution >= 0.6 is 0 Å². The van der Waals surface area contributed by atoms with E-state index in [0.717, 1.165) is 50.5 Å². The molecule has 0 amide bonds. The van der Waals surface area contributed by atoms with E-state index in [0.29, 0.717) is 6.04 Å². The van der Waals surface area contributed by atoms with E-state index in [1.807, 2.05) is 6.07 Å². The van der Waals surface area contributed by atoms with Crippen molar-refractivity contribution in [2.75, 3.05) is 25.2 Å². The Kier molecular flexibility index (Phi) is 8.95. The molecule has 1 saturated carbocycles. The number of hydrogen-bond acceptors (Lipinski definition) is 5. The van der Waals surface area contributed by atoms with Gasteiger partial charge >= 0.3 is 0 Å². The highest BCUT2D eigenvalue weighted by Gasteiger charge is 2.55. The SMILES string of the molecule is C=C[C@H]1CC2(CCN1Cc1cccc(OC(C)CC)c1)[C@H](NC1CCCCC1)N(C)CN2c1cccc(F)c1. The Morgan fingerprint density at radius 1 is 1.15 bits per heavy atom. The smallest absolute Gasteiger partial charge is 0.125 e. The van der Waals surface area contributed by atoms with E-state index in [-0.39, 0.29) is 29.7 Å². The maximum Gasteiger partial charge on any atom is 0.125 e. The zero-order chi connectivity index (χ0) is 27.4. The molecule has 5 rings (SSSR count). The van der Waals surface area contributed by atoms with Crippen molar-refractivity contribution in [1.82, 2.24) is 15.1 Å². The normalized spacial score (nSPS) is 27.6. The fraction of sp³-hybridized carbons (Fsp3) is 0.576. The summed E-state index contributed by atoms with van der Waals surface area (Å²) in [6.45, 7) is 11.2. The number of likely N-dealkylation sites (tertiary alicyclic amines) is 1. The second kappa shape index (κ2) is 12.4. The van der Waals surface area contributed by atoms with Crippen molar-refractivity contribution in [3.05, 3.63) is 72.6 Å². The van der Waals surface area contributed by atoms with Gasteiger partial charge in [-0.15, -0.1) is 6.58 Å². The Bertz CT molecular complexity index is 1100. The third kappa shape index (κ3) is 6.18. The summed E-state index contributed by atoms with van der Waals surface area (Å²) in [7, 11) is 2.22. The molecule has 2 saturated heterocycles. The highest BCUT2D eigenvalue weighted by atomic mass is 19.1. The molecule has 3 aliphatic rings. The molecule has 1 aliphatic carbocycles. The van der Waals surface area contributed by atoms with Gasteiger partial charge in [-0.05, 0) is 82.0 Å². The first-order valence-electron chi connectivity index (χ1n) is 15.0. The predicted molar refractivity (Wildman–Crippen MR) is 158 cm³/mol. The topological polar surface area (TPSA) is 31.0 Å². The summed E-state index contributed by atoms with van der Waals surface area (Å²) < 4.78 is 20.5. The standard InChI is InChI=1S/C33H47FN4O/c1-5-25(3)39-31-17-10-12-26(20-31)23-37-19-18-33(22-29(37)6-2)32(35-28-14-8-7-9-15-28)36(4)24-38(33)30-16-11-13-27(34)21-30/h6,10-13,16-17,20-21,25,28-29,32,35H,2,5,7-9,14-15,18-19,22-24H2,1,3-4H3/t25?,29-,32+,33?/m0/s1. The maximum absolute atomic E-state index is 14.4. The Labute approximate surface area is 235 Å². The summed E-state index contributed by atoms with van der Waals surface area (Å²) in [5.74, 6) is 0.767. The molecule has 2 aromatic carbocycles. The number of nitrogens with one attached hydrogen (secondary N) is 1. The van der Waals surface area contributed by atoms with Crippen LogP contribution in [0, 0.1) is 5.82 Å². The van der Waals surface area contributed by atoms with Crippen molar-refractivity contribution in [3.8, 4) is 5.75 Å². The molecule has 2 heterocycles. The average Bonchev–Trinajstić information content (AvgIpc) is 3.20. The number of piperidine rings is 1. The van der Waals surface area contributed by atoms with Gasteiger partial charge in [0.25, 0.3) is 0 Å². The molecule has 1 N–H and O–H groups in total. The predicted octanol–water partition coefficient (Wildman–Crippen LogP) is 6.55. The maximum atomic E-state index is 14.4. The van der Waals surface area contributed by atoms with Crippen LogP contribution in [0.25, 0.3) is 0 Å². The van der Waals surface area contributed by atoms with Crippen LogP contribution in [0.1, 0.15) is 70.8 Å². The van der Waals surface area contributed by atoms with E-state index in [1.165, 1.54) is 37.7 Å². The number of ether oxygens (including phenoxy) is 1. The fourth-order valence-corrected chi connectivity index (χ4v) is 7.05. The molecule has 4 atom stereocenters. The zero-order valence-electron chi connectivity index (χ0n) is 24.1. The molecule has 2 aliphatic heterocycles. The molecule has 0 aromatic heterocycles. The van der Waals surface area contributed by atoms with E-state index in [9.17, 15) is 4.39 Å². The summed E-state index contributed by atoms with van der Waals surface area (Å²) in [6.07, 6.45) is 11.9. The minimum absolute atomic E-state index is 0.142. The van der Waals surface area contributed by atoms with Crippen LogP contribution in [0.2, 0.25) is 0 Å². The Hall–Kier alpha value is -2.41. The second-order valence-electron chi connectivity index (χ2n) is 12.0. The van der Waals surface area contributed by atoms with Gasteiger partial charge in [-0.25, -0.2) is 4.39 Å². The van der Waals surface area contributed by atoms with Crippen molar-refractivity contribution in [2.24, 2.45) is 0 Å². The minimum Gasteiger partial charge on any atom is -0.491 e. The van der Waals surface area contributed by atoms with Gasteiger partial charge in [0.05, 0.1) is 24.5 Å². The van der Waals surface area contributed by atoms with Gasteiger partial charge in [0.15, 0.2) is 0 Å². The van der Waals surface area contributed by atoms with Gasteiger partial charge in [-0.3, -0.25) is 15.1 Å². The first kappa shape index (κ1) is 28.1. The number of halogens is 1. The van der Waals surface area contributed by atoms with Gasteiger partial charge in [-0.1, -0.05) is 50.5 Å². The highest BCUT2D eigenvalue weighted by molar-refractivity contribution is 5.52. The molecular weight excluding hydrogens is 487 g/mol. The molecule has 1 spiro atoms. The van der Waals surface area contributed by atoms with Crippen molar-refractivity contribution in [2.45, 2.75) is 102 Å². The monoisotopic (exact) mass is 534 g/mol. The van der Waals surface area contributed by atoms with Crippen molar-refractivity contribution >= 4 is 5.69 Å². The number of rotatable bonds is 9. The quantitative estimate of drug-likeness (QED) is 0.369. The van der Waals surface area contributed by atoms with Gasteiger partial charge < -0.3 is 9.64 Å². The molecule has 39 heavy (non-hydrogen) atoms. The lowest BCUT2D eigenvalue weighted by molar-refractivity contribution is 0.0710. The molecular formula is C33H47FN4O. The van der Waals surface area contributed by atoms with Crippen molar-refractivity contribution in [1.29, 1.82) is 0 Å². The van der Waals surface area contributed by atoms with Crippen LogP contribution in [-0.2, 0) is 6.54 Å². The molecule has 0 radical (unpaired) electrons. The number of hydrogen-bond donors (Lipinski definition) is 1. The van der Waals surface area contributed by atoms with Crippen LogP contribution in [0.5, 0.6) is 5.75 Å². The molecule has 3 fully saturated rings. The Morgan fingerprint density at radius 3 is 2.69 bits per heavy atom. The Morgan fingerprint density at radius 2 is 1.95 bits per heavy atom. The number of likely N-dealkylation sites (N-methyl/N-ethyl adjacent to an activating group) is 1. The largest absolute Gasteiger partial charge is 0.491 e. The number of anilines is 1. The first-order chi connectivity index (χ1) is 18.9. The lowest BCUT2D eigenvalue weighted by Crippen LogP contribution is -2.65. The van der Waals surface area contributed by atoms with E-state index in [2.05, 4.69) is 83.9 Å². The molecule has 6 heteroatoms. The third-order valence-electron chi connectivity index (χ3n) is 9.30. The molecule has 2 aromatic rings. The summed E-state index contributed by atoms with van der Waals surface area (Å²) in [4.78, 5) is 7.48. The summed E-state index contributed by atoms with van der Waals surface area (Å²) in [5, 5.41) is 4.10. The summed E-state index contributed by atoms with van der Waals surface area (Å²) in [5.41, 5.74) is 2.10. The van der Waals surface area contributed by atoms with Gasteiger partial charge in [0.1, 0.15) is 11.6 Å².